The van der Waals surface area contributed by atoms with Crippen LogP contribution in [0.3, 0.4) is 0 Å². The summed E-state index contributed by atoms with van der Waals surface area (Å²) in [4.78, 5) is 0. The third-order valence-corrected chi connectivity index (χ3v) is 1.87. The second-order valence-corrected chi connectivity index (χ2v) is 3.15. The first-order valence-corrected chi connectivity index (χ1v) is 5.03. The zero-order valence-corrected chi connectivity index (χ0v) is 8.72. The molecule has 0 atom stereocenters. The van der Waals surface area contributed by atoms with Crippen LogP contribution in [0.5, 0.6) is 5.75 Å². The molecule has 0 aliphatic heterocycles. The fourth-order valence-electron chi connectivity index (χ4n) is 1.15. The number of halogens is 2. The van der Waals surface area contributed by atoms with Gasteiger partial charge in [-0.3, -0.25) is 0 Å². The average Bonchev–Trinajstić information content (AvgIpc) is 2.21. The van der Waals surface area contributed by atoms with Crippen LogP contribution < -0.4 is 10.1 Å². The van der Waals surface area contributed by atoms with E-state index >= 15 is 0 Å². The fourth-order valence-corrected chi connectivity index (χ4v) is 1.15. The predicted molar refractivity (Wildman–Crippen MR) is 55.0 cm³/mol. The Hall–Kier alpha value is -1.16. The highest BCUT2D eigenvalue weighted by Crippen LogP contribution is 2.20. The maximum atomic E-state index is 13.0. The molecule has 0 radical (unpaired) electrons. The Morgan fingerprint density at radius 2 is 1.87 bits per heavy atom. The molecule has 84 valence electrons. The van der Waals surface area contributed by atoms with E-state index in [4.69, 9.17) is 4.74 Å². The quantitative estimate of drug-likeness (QED) is 0.735. The number of benzene rings is 1. The minimum atomic E-state index is -0.662. The minimum Gasteiger partial charge on any atom is -0.486 e. The molecule has 0 saturated heterocycles. The van der Waals surface area contributed by atoms with Gasteiger partial charge in [0.1, 0.15) is 6.61 Å². The van der Waals surface area contributed by atoms with Crippen LogP contribution in [0.4, 0.5) is 8.78 Å². The van der Waals surface area contributed by atoms with Crippen molar-refractivity contribution in [2.24, 2.45) is 0 Å². The van der Waals surface area contributed by atoms with Crippen molar-refractivity contribution in [3.05, 3.63) is 29.8 Å². The summed E-state index contributed by atoms with van der Waals surface area (Å²) < 4.78 is 31.1. The normalized spacial score (nSPS) is 10.3. The summed E-state index contributed by atoms with van der Waals surface area (Å²) >= 11 is 0. The summed E-state index contributed by atoms with van der Waals surface area (Å²) in [5.74, 6) is -1.62. The summed E-state index contributed by atoms with van der Waals surface area (Å²) in [7, 11) is 0. The van der Waals surface area contributed by atoms with Gasteiger partial charge in [-0.05, 0) is 25.1 Å². The number of nitrogens with one attached hydrogen (secondary N) is 1. The third-order valence-electron chi connectivity index (χ3n) is 1.87. The molecule has 0 amide bonds. The van der Waals surface area contributed by atoms with Crippen molar-refractivity contribution < 1.29 is 13.5 Å². The molecule has 4 heteroatoms. The molecule has 0 heterocycles. The maximum absolute atomic E-state index is 13.0. The van der Waals surface area contributed by atoms with E-state index in [0.717, 1.165) is 13.0 Å². The fraction of sp³-hybridized carbons (Fsp3) is 0.455. The van der Waals surface area contributed by atoms with E-state index in [9.17, 15) is 8.78 Å². The molecule has 1 rings (SSSR count). The molecule has 0 fully saturated rings. The van der Waals surface area contributed by atoms with Gasteiger partial charge in [-0.25, -0.2) is 8.78 Å². The van der Waals surface area contributed by atoms with Crippen LogP contribution in [0.25, 0.3) is 0 Å². The summed E-state index contributed by atoms with van der Waals surface area (Å²) in [6.07, 6.45) is 1.02. The molecule has 1 N–H and O–H groups in total. The Bertz CT molecular complexity index is 284. The molecule has 1 aromatic carbocycles. The molecular weight excluding hydrogens is 200 g/mol. The largest absolute Gasteiger partial charge is 0.486 e. The van der Waals surface area contributed by atoms with Gasteiger partial charge < -0.3 is 10.1 Å². The standard InChI is InChI=1S/C11H15F2NO/c1-2-6-14-7-8-15-11-9(12)4-3-5-10(11)13/h3-5,14H,2,6-8H2,1H3. The second-order valence-electron chi connectivity index (χ2n) is 3.15. The van der Waals surface area contributed by atoms with Gasteiger partial charge in [-0.15, -0.1) is 0 Å². The van der Waals surface area contributed by atoms with Crippen LogP contribution in [0.2, 0.25) is 0 Å². The molecule has 0 unspecified atom stereocenters. The smallest absolute Gasteiger partial charge is 0.190 e. The minimum absolute atomic E-state index is 0.262. The summed E-state index contributed by atoms with van der Waals surface area (Å²) in [5, 5.41) is 3.07. The van der Waals surface area contributed by atoms with Crippen LogP contribution in [-0.2, 0) is 0 Å². The van der Waals surface area contributed by atoms with E-state index in [0.29, 0.717) is 6.54 Å². The second kappa shape index (κ2) is 6.35. The van der Waals surface area contributed by atoms with E-state index < -0.39 is 11.6 Å². The number of ether oxygens (including phenoxy) is 1. The van der Waals surface area contributed by atoms with Crippen molar-refractivity contribution in [3.8, 4) is 5.75 Å². The molecule has 0 aliphatic carbocycles. The molecule has 0 aromatic heterocycles. The van der Waals surface area contributed by atoms with E-state index in [2.05, 4.69) is 5.32 Å². The maximum Gasteiger partial charge on any atom is 0.190 e. The van der Waals surface area contributed by atoms with Gasteiger partial charge in [0.25, 0.3) is 0 Å². The highest BCUT2D eigenvalue weighted by Gasteiger charge is 2.08. The number of hydrogen-bond acceptors (Lipinski definition) is 2. The number of para-hydroxylation sites is 1. The van der Waals surface area contributed by atoms with E-state index in [1.807, 2.05) is 6.92 Å². The van der Waals surface area contributed by atoms with Crippen LogP contribution in [0.1, 0.15) is 13.3 Å². The van der Waals surface area contributed by atoms with Gasteiger partial charge in [-0.2, -0.15) is 0 Å². The van der Waals surface area contributed by atoms with Crippen LogP contribution in [0, 0.1) is 11.6 Å². The van der Waals surface area contributed by atoms with Crippen LogP contribution in [0.15, 0.2) is 18.2 Å². The Kier molecular flexibility index (Phi) is 5.04. The highest BCUT2D eigenvalue weighted by atomic mass is 19.1. The summed E-state index contributed by atoms with van der Waals surface area (Å²) in [6, 6.07) is 3.67. The molecule has 15 heavy (non-hydrogen) atoms. The van der Waals surface area contributed by atoms with Crippen LogP contribution in [-0.4, -0.2) is 19.7 Å². The molecule has 2 nitrogen and oxygen atoms in total. The molecule has 1 aromatic rings. The van der Waals surface area contributed by atoms with Crippen molar-refractivity contribution in [1.82, 2.24) is 5.32 Å². The van der Waals surface area contributed by atoms with Crippen molar-refractivity contribution in [1.29, 1.82) is 0 Å². The number of rotatable bonds is 6. The molecule has 0 bridgehead atoms. The summed E-state index contributed by atoms with van der Waals surface area (Å²) in [6.45, 7) is 3.77. The lowest BCUT2D eigenvalue weighted by Gasteiger charge is -2.08. The van der Waals surface area contributed by atoms with Crippen molar-refractivity contribution in [3.63, 3.8) is 0 Å². The average molecular weight is 215 g/mol. The lowest BCUT2D eigenvalue weighted by atomic mass is 10.3. The van der Waals surface area contributed by atoms with Gasteiger partial charge >= 0.3 is 0 Å². The van der Waals surface area contributed by atoms with Crippen molar-refractivity contribution in [2.75, 3.05) is 19.7 Å². The van der Waals surface area contributed by atoms with E-state index in [1.54, 1.807) is 0 Å². The van der Waals surface area contributed by atoms with Gasteiger partial charge in [0.2, 0.25) is 0 Å². The SMILES string of the molecule is CCCNCCOc1c(F)cccc1F. The molecular formula is C11H15F2NO. The van der Waals surface area contributed by atoms with Crippen molar-refractivity contribution in [2.45, 2.75) is 13.3 Å². The zero-order valence-electron chi connectivity index (χ0n) is 8.72. The Morgan fingerprint density at radius 3 is 2.47 bits per heavy atom. The van der Waals surface area contributed by atoms with Crippen molar-refractivity contribution >= 4 is 0 Å². The van der Waals surface area contributed by atoms with Gasteiger partial charge in [0, 0.05) is 6.54 Å². The van der Waals surface area contributed by atoms with Crippen LogP contribution >= 0.6 is 0 Å². The Balaban J connectivity index is 2.37. The first-order chi connectivity index (χ1) is 7.25. The topological polar surface area (TPSA) is 21.3 Å². The van der Waals surface area contributed by atoms with Gasteiger partial charge in [0.05, 0.1) is 0 Å². The highest BCUT2D eigenvalue weighted by molar-refractivity contribution is 5.25. The molecule has 0 aliphatic rings. The Labute approximate surface area is 88.3 Å². The summed E-state index contributed by atoms with van der Waals surface area (Å²) in [5.41, 5.74) is 0. The number of hydrogen-bond donors (Lipinski definition) is 1. The van der Waals surface area contributed by atoms with Gasteiger partial charge in [0.15, 0.2) is 17.4 Å². The zero-order chi connectivity index (χ0) is 11.1. The molecule has 0 saturated carbocycles. The Morgan fingerprint density at radius 1 is 1.20 bits per heavy atom. The first-order valence-electron chi connectivity index (χ1n) is 5.03. The first kappa shape index (κ1) is 11.9. The monoisotopic (exact) mass is 215 g/mol. The van der Waals surface area contributed by atoms with Gasteiger partial charge in [-0.1, -0.05) is 13.0 Å². The van der Waals surface area contributed by atoms with E-state index in [1.165, 1.54) is 18.2 Å². The third kappa shape index (κ3) is 3.83. The van der Waals surface area contributed by atoms with E-state index in [-0.39, 0.29) is 12.4 Å². The lowest BCUT2D eigenvalue weighted by Crippen LogP contribution is -2.22. The predicted octanol–water partition coefficient (Wildman–Crippen LogP) is 2.34. The molecule has 0 spiro atoms. The lowest BCUT2D eigenvalue weighted by molar-refractivity contribution is 0.283.